The highest BCUT2D eigenvalue weighted by Gasteiger charge is 2.35. The number of rotatable bonds is 3. The predicted octanol–water partition coefficient (Wildman–Crippen LogP) is 3.54. The van der Waals surface area contributed by atoms with Crippen LogP contribution in [0, 0.1) is 0 Å². The van der Waals surface area contributed by atoms with Crippen molar-refractivity contribution in [1.82, 2.24) is 14.9 Å². The van der Waals surface area contributed by atoms with Crippen molar-refractivity contribution >= 4 is 17.7 Å². The summed E-state index contributed by atoms with van der Waals surface area (Å²) in [7, 11) is 3.11. The number of benzene rings is 1. The molecule has 2 aromatic rings. The van der Waals surface area contributed by atoms with Gasteiger partial charge < -0.3 is 14.7 Å². The molecule has 168 valence electrons. The van der Waals surface area contributed by atoms with E-state index in [0.717, 1.165) is 24.3 Å². The van der Waals surface area contributed by atoms with Gasteiger partial charge in [0, 0.05) is 51.9 Å². The maximum Gasteiger partial charge on any atom is 0.433 e. The summed E-state index contributed by atoms with van der Waals surface area (Å²) in [6, 6.07) is 4.96. The summed E-state index contributed by atoms with van der Waals surface area (Å²) in [6.07, 6.45) is -9.22. The second-order valence-corrected chi connectivity index (χ2v) is 7.16. The van der Waals surface area contributed by atoms with Gasteiger partial charge in [0.2, 0.25) is 5.95 Å². The van der Waals surface area contributed by atoms with E-state index in [2.05, 4.69) is 9.97 Å². The molecule has 0 aliphatic carbocycles. The molecule has 0 radical (unpaired) electrons. The topological polar surface area (TPSA) is 52.6 Å². The number of amides is 1. The van der Waals surface area contributed by atoms with E-state index in [1.807, 2.05) is 0 Å². The fourth-order valence-corrected chi connectivity index (χ4v) is 3.06. The van der Waals surface area contributed by atoms with Crippen molar-refractivity contribution in [1.29, 1.82) is 0 Å². The van der Waals surface area contributed by atoms with Gasteiger partial charge in [-0.2, -0.15) is 31.3 Å². The number of nitrogens with zero attached hydrogens (tertiary/aromatic N) is 5. The first-order valence-corrected chi connectivity index (χ1v) is 9.21. The number of halogens is 6. The van der Waals surface area contributed by atoms with Crippen molar-refractivity contribution in [2.24, 2.45) is 0 Å². The van der Waals surface area contributed by atoms with E-state index in [9.17, 15) is 31.1 Å². The van der Waals surface area contributed by atoms with E-state index < -0.39 is 29.5 Å². The molecule has 31 heavy (non-hydrogen) atoms. The maximum atomic E-state index is 13.2. The van der Waals surface area contributed by atoms with Crippen LogP contribution in [0.5, 0.6) is 0 Å². The van der Waals surface area contributed by atoms with Gasteiger partial charge in [0.1, 0.15) is 5.82 Å². The molecule has 1 amide bonds. The zero-order valence-electron chi connectivity index (χ0n) is 16.6. The van der Waals surface area contributed by atoms with E-state index in [1.54, 1.807) is 14.1 Å². The Hall–Kier alpha value is -3.05. The van der Waals surface area contributed by atoms with Crippen molar-refractivity contribution in [3.8, 4) is 0 Å². The molecule has 0 N–H and O–H groups in total. The molecule has 12 heteroatoms. The zero-order valence-corrected chi connectivity index (χ0v) is 16.6. The number of alkyl halides is 6. The molecule has 2 heterocycles. The van der Waals surface area contributed by atoms with Crippen LogP contribution in [0.2, 0.25) is 0 Å². The van der Waals surface area contributed by atoms with Crippen molar-refractivity contribution < 1.29 is 31.1 Å². The summed E-state index contributed by atoms with van der Waals surface area (Å²) in [5, 5.41) is 0. The SMILES string of the molecule is CN(C)c1cc(C(F)(F)F)nc(N2CCN(C(=O)c3cccc(C(F)(F)F)c3)CC2)n1. The van der Waals surface area contributed by atoms with Crippen LogP contribution in [0.25, 0.3) is 0 Å². The van der Waals surface area contributed by atoms with Crippen LogP contribution in [-0.2, 0) is 12.4 Å². The summed E-state index contributed by atoms with van der Waals surface area (Å²) >= 11 is 0. The predicted molar refractivity (Wildman–Crippen MR) is 101 cm³/mol. The average molecular weight is 447 g/mol. The Kier molecular flexibility index (Phi) is 6.01. The van der Waals surface area contributed by atoms with Crippen molar-refractivity contribution in [2.75, 3.05) is 50.1 Å². The van der Waals surface area contributed by atoms with Gasteiger partial charge in [-0.15, -0.1) is 0 Å². The fraction of sp³-hybridized carbons (Fsp3) is 0.421. The van der Waals surface area contributed by atoms with E-state index in [-0.39, 0.29) is 43.5 Å². The Balaban J connectivity index is 1.75. The van der Waals surface area contributed by atoms with Crippen LogP contribution in [0.3, 0.4) is 0 Å². The molecular weight excluding hydrogens is 428 g/mol. The number of anilines is 2. The molecule has 0 saturated carbocycles. The highest BCUT2D eigenvalue weighted by Crippen LogP contribution is 2.32. The Morgan fingerprint density at radius 2 is 1.58 bits per heavy atom. The Bertz CT molecular complexity index is 952. The summed E-state index contributed by atoms with van der Waals surface area (Å²) in [6.45, 7) is 0.482. The fourth-order valence-electron chi connectivity index (χ4n) is 3.06. The lowest BCUT2D eigenvalue weighted by molar-refractivity contribution is -0.141. The van der Waals surface area contributed by atoms with Crippen LogP contribution in [0.1, 0.15) is 21.6 Å². The molecule has 3 rings (SSSR count). The highest BCUT2D eigenvalue weighted by atomic mass is 19.4. The number of hydrogen-bond donors (Lipinski definition) is 0. The van der Waals surface area contributed by atoms with E-state index in [0.29, 0.717) is 0 Å². The monoisotopic (exact) mass is 447 g/mol. The minimum absolute atomic E-state index is 0.0831. The average Bonchev–Trinajstić information content (AvgIpc) is 2.72. The van der Waals surface area contributed by atoms with Gasteiger partial charge in [-0.25, -0.2) is 4.98 Å². The number of aromatic nitrogens is 2. The summed E-state index contributed by atoms with van der Waals surface area (Å²) in [5.74, 6) is -0.616. The van der Waals surface area contributed by atoms with Crippen molar-refractivity contribution in [2.45, 2.75) is 12.4 Å². The zero-order chi connectivity index (χ0) is 23.0. The number of hydrogen-bond acceptors (Lipinski definition) is 5. The van der Waals surface area contributed by atoms with Crippen LogP contribution in [-0.4, -0.2) is 61.0 Å². The van der Waals surface area contributed by atoms with Crippen LogP contribution < -0.4 is 9.80 Å². The van der Waals surface area contributed by atoms with Crippen LogP contribution >= 0.6 is 0 Å². The Labute approximate surface area is 174 Å². The van der Waals surface area contributed by atoms with Gasteiger partial charge in [-0.3, -0.25) is 4.79 Å². The summed E-state index contributed by atoms with van der Waals surface area (Å²) in [4.78, 5) is 24.7. The Morgan fingerprint density at radius 1 is 0.935 bits per heavy atom. The third-order valence-corrected chi connectivity index (χ3v) is 4.74. The minimum Gasteiger partial charge on any atom is -0.363 e. The second kappa shape index (κ2) is 8.23. The number of piperazine rings is 1. The molecule has 0 spiro atoms. The quantitative estimate of drug-likeness (QED) is 0.674. The van der Waals surface area contributed by atoms with Gasteiger partial charge >= 0.3 is 12.4 Å². The first-order valence-electron chi connectivity index (χ1n) is 9.21. The van der Waals surface area contributed by atoms with Gasteiger partial charge in [-0.1, -0.05) is 6.07 Å². The normalized spacial score (nSPS) is 15.2. The molecule has 1 saturated heterocycles. The molecule has 1 aromatic carbocycles. The van der Waals surface area contributed by atoms with Gasteiger partial charge in [-0.05, 0) is 18.2 Å². The summed E-state index contributed by atoms with van der Waals surface area (Å²) < 4.78 is 78.2. The first-order chi connectivity index (χ1) is 14.4. The Morgan fingerprint density at radius 3 is 2.13 bits per heavy atom. The number of carbonyl (C=O) groups is 1. The molecule has 6 nitrogen and oxygen atoms in total. The molecule has 0 atom stereocenters. The molecule has 0 unspecified atom stereocenters. The smallest absolute Gasteiger partial charge is 0.363 e. The van der Waals surface area contributed by atoms with E-state index >= 15 is 0 Å². The molecule has 0 bridgehead atoms. The molecule has 1 aromatic heterocycles. The largest absolute Gasteiger partial charge is 0.433 e. The lowest BCUT2D eigenvalue weighted by Gasteiger charge is -2.35. The van der Waals surface area contributed by atoms with E-state index in [1.165, 1.54) is 20.8 Å². The first kappa shape index (κ1) is 22.6. The third-order valence-electron chi connectivity index (χ3n) is 4.74. The molecule has 1 aliphatic rings. The molecular formula is C19H19F6N5O. The second-order valence-electron chi connectivity index (χ2n) is 7.16. The lowest BCUT2D eigenvalue weighted by atomic mass is 10.1. The number of carbonyl (C=O) groups excluding carboxylic acids is 1. The van der Waals surface area contributed by atoms with Gasteiger partial charge in [0.25, 0.3) is 5.91 Å². The van der Waals surface area contributed by atoms with E-state index in [4.69, 9.17) is 0 Å². The van der Waals surface area contributed by atoms with Crippen LogP contribution in [0.4, 0.5) is 38.1 Å². The van der Waals surface area contributed by atoms with Gasteiger partial charge in [0.15, 0.2) is 5.69 Å². The van der Waals surface area contributed by atoms with Crippen molar-refractivity contribution in [3.05, 3.63) is 47.2 Å². The minimum atomic E-state index is -4.65. The van der Waals surface area contributed by atoms with Crippen LogP contribution in [0.15, 0.2) is 30.3 Å². The lowest BCUT2D eigenvalue weighted by Crippen LogP contribution is -2.49. The molecule has 1 aliphatic heterocycles. The maximum absolute atomic E-state index is 13.2. The summed E-state index contributed by atoms with van der Waals surface area (Å²) in [5.41, 5.74) is -2.11. The van der Waals surface area contributed by atoms with Crippen molar-refractivity contribution in [3.63, 3.8) is 0 Å². The molecule has 1 fully saturated rings. The standard InChI is InChI=1S/C19H19F6N5O/c1-28(2)15-11-14(19(23,24)25)26-17(27-15)30-8-6-29(7-9-30)16(31)12-4-3-5-13(10-12)18(20,21)22/h3-5,10-11H,6-9H2,1-2H3. The third kappa shape index (κ3) is 5.17. The highest BCUT2D eigenvalue weighted by molar-refractivity contribution is 5.94. The van der Waals surface area contributed by atoms with Gasteiger partial charge in [0.05, 0.1) is 5.56 Å².